The van der Waals surface area contributed by atoms with Crippen LogP contribution >= 0.6 is 0 Å². The average Bonchev–Trinajstić information content (AvgIpc) is 3.13. The molecule has 0 fully saturated rings. The Morgan fingerprint density at radius 1 is 0.971 bits per heavy atom. The van der Waals surface area contributed by atoms with Crippen molar-refractivity contribution in [1.82, 2.24) is 4.72 Å². The van der Waals surface area contributed by atoms with Gasteiger partial charge < -0.3 is 4.74 Å². The number of fused-ring (bicyclic) bond motifs is 1. The standard InChI is InChI=1S/C24H20F4N2O4S/c1-35(32,33)30-20-10-15-4-8-19(11-16(15)12-20)29-23(31)34-22-13-18(25)7-9-21(22)14-2-5-17(6-3-14)24(26,27)28/h2-9,11,13,20,30H,10,12H2,1H3,(H,29,31)/t20-/m1/s1. The highest BCUT2D eigenvalue weighted by Gasteiger charge is 2.30. The molecule has 1 aliphatic carbocycles. The number of rotatable bonds is 5. The molecule has 0 radical (unpaired) electrons. The van der Waals surface area contributed by atoms with Crippen molar-refractivity contribution in [3.63, 3.8) is 0 Å². The lowest BCUT2D eigenvalue weighted by Gasteiger charge is -2.13. The summed E-state index contributed by atoms with van der Waals surface area (Å²) >= 11 is 0. The molecule has 0 unspecified atom stereocenters. The van der Waals surface area contributed by atoms with Gasteiger partial charge in [-0.25, -0.2) is 22.3 Å². The number of hydrogen-bond donors (Lipinski definition) is 2. The van der Waals surface area contributed by atoms with Crippen LogP contribution in [0.3, 0.4) is 0 Å². The summed E-state index contributed by atoms with van der Waals surface area (Å²) in [5.41, 5.74) is 1.90. The van der Waals surface area contributed by atoms with Gasteiger partial charge in [-0.1, -0.05) is 18.2 Å². The van der Waals surface area contributed by atoms with E-state index >= 15 is 0 Å². The van der Waals surface area contributed by atoms with E-state index in [0.717, 1.165) is 41.6 Å². The molecule has 0 spiro atoms. The summed E-state index contributed by atoms with van der Waals surface area (Å²) in [7, 11) is -3.36. The van der Waals surface area contributed by atoms with Crippen molar-refractivity contribution >= 4 is 21.8 Å². The predicted octanol–water partition coefficient (Wildman–Crippen LogP) is 5.14. The Morgan fingerprint density at radius 2 is 1.66 bits per heavy atom. The minimum Gasteiger partial charge on any atom is -0.409 e. The maximum absolute atomic E-state index is 13.9. The van der Waals surface area contributed by atoms with Crippen LogP contribution in [0.25, 0.3) is 11.1 Å². The van der Waals surface area contributed by atoms with Gasteiger partial charge in [-0.15, -0.1) is 0 Å². The number of benzene rings is 3. The summed E-state index contributed by atoms with van der Waals surface area (Å²) < 4.78 is 83.2. The highest BCUT2D eigenvalue weighted by atomic mass is 32.2. The fraction of sp³-hybridized carbons (Fsp3) is 0.208. The predicted molar refractivity (Wildman–Crippen MR) is 122 cm³/mol. The quantitative estimate of drug-likeness (QED) is 0.468. The van der Waals surface area contributed by atoms with Crippen LogP contribution in [0.2, 0.25) is 0 Å². The molecular weight excluding hydrogens is 488 g/mol. The molecule has 184 valence electrons. The van der Waals surface area contributed by atoms with Crippen LogP contribution in [0.15, 0.2) is 60.7 Å². The van der Waals surface area contributed by atoms with Crippen molar-refractivity contribution in [2.45, 2.75) is 25.1 Å². The first-order chi connectivity index (χ1) is 16.4. The second-order valence-corrected chi connectivity index (χ2v) is 9.99. The highest BCUT2D eigenvalue weighted by molar-refractivity contribution is 7.88. The van der Waals surface area contributed by atoms with E-state index in [1.165, 1.54) is 18.2 Å². The van der Waals surface area contributed by atoms with E-state index in [1.54, 1.807) is 18.2 Å². The van der Waals surface area contributed by atoms with E-state index in [4.69, 9.17) is 4.74 Å². The molecule has 1 atom stereocenters. The molecule has 3 aromatic carbocycles. The first kappa shape index (κ1) is 24.7. The summed E-state index contributed by atoms with van der Waals surface area (Å²) in [5, 5.41) is 2.54. The zero-order valence-corrected chi connectivity index (χ0v) is 19.1. The summed E-state index contributed by atoms with van der Waals surface area (Å²) in [4.78, 5) is 12.5. The first-order valence-corrected chi connectivity index (χ1v) is 12.3. The maximum Gasteiger partial charge on any atom is 0.417 e. The van der Waals surface area contributed by atoms with Crippen LogP contribution in [0, 0.1) is 5.82 Å². The van der Waals surface area contributed by atoms with Crippen molar-refractivity contribution in [2.75, 3.05) is 11.6 Å². The molecule has 35 heavy (non-hydrogen) atoms. The lowest BCUT2D eigenvalue weighted by molar-refractivity contribution is -0.137. The van der Waals surface area contributed by atoms with Gasteiger partial charge in [-0.05, 0) is 65.9 Å². The Morgan fingerprint density at radius 3 is 2.31 bits per heavy atom. The van der Waals surface area contributed by atoms with E-state index in [2.05, 4.69) is 10.0 Å². The largest absolute Gasteiger partial charge is 0.417 e. The second kappa shape index (κ2) is 9.31. The van der Waals surface area contributed by atoms with Crippen molar-refractivity contribution in [3.05, 3.63) is 83.2 Å². The van der Waals surface area contributed by atoms with Gasteiger partial charge in [0.05, 0.1) is 11.8 Å². The van der Waals surface area contributed by atoms with Crippen LogP contribution in [-0.4, -0.2) is 26.8 Å². The molecule has 0 bridgehead atoms. The molecule has 0 saturated carbocycles. The van der Waals surface area contributed by atoms with Crippen LogP contribution in [0.1, 0.15) is 16.7 Å². The Labute approximate surface area is 199 Å². The number of ether oxygens (including phenoxy) is 1. The number of nitrogens with one attached hydrogen (secondary N) is 2. The van der Waals surface area contributed by atoms with Crippen LogP contribution in [0.4, 0.5) is 28.0 Å². The van der Waals surface area contributed by atoms with Gasteiger partial charge in [0.1, 0.15) is 11.6 Å². The maximum atomic E-state index is 13.9. The molecule has 1 aliphatic rings. The number of alkyl halides is 3. The fourth-order valence-electron chi connectivity index (χ4n) is 3.98. The zero-order chi connectivity index (χ0) is 25.4. The lowest BCUT2D eigenvalue weighted by Crippen LogP contribution is -2.34. The van der Waals surface area contributed by atoms with E-state index in [-0.39, 0.29) is 17.4 Å². The number of anilines is 1. The zero-order valence-electron chi connectivity index (χ0n) is 18.3. The number of carbonyl (C=O) groups excluding carboxylic acids is 1. The van der Waals surface area contributed by atoms with Crippen molar-refractivity contribution in [3.8, 4) is 16.9 Å². The van der Waals surface area contributed by atoms with E-state index in [1.807, 2.05) is 0 Å². The van der Waals surface area contributed by atoms with E-state index in [9.17, 15) is 30.8 Å². The van der Waals surface area contributed by atoms with Crippen LogP contribution in [0.5, 0.6) is 5.75 Å². The van der Waals surface area contributed by atoms with Gasteiger partial charge >= 0.3 is 12.3 Å². The van der Waals surface area contributed by atoms with E-state index < -0.39 is 33.7 Å². The topological polar surface area (TPSA) is 84.5 Å². The van der Waals surface area contributed by atoms with Gasteiger partial charge in [0.2, 0.25) is 10.0 Å². The van der Waals surface area contributed by atoms with Crippen molar-refractivity contribution in [2.24, 2.45) is 0 Å². The van der Waals surface area contributed by atoms with Crippen molar-refractivity contribution < 1.29 is 35.5 Å². The number of halogens is 4. The fourth-order valence-corrected chi connectivity index (χ4v) is 4.76. The normalized spacial score (nSPS) is 15.5. The summed E-state index contributed by atoms with van der Waals surface area (Å²) in [6, 6.07) is 12.4. The van der Waals surface area contributed by atoms with Crippen LogP contribution < -0.4 is 14.8 Å². The monoisotopic (exact) mass is 508 g/mol. The number of hydrogen-bond acceptors (Lipinski definition) is 4. The van der Waals surface area contributed by atoms with Gasteiger partial charge in [0.25, 0.3) is 0 Å². The summed E-state index contributed by atoms with van der Waals surface area (Å²) in [5.74, 6) is -0.855. The number of sulfonamides is 1. The average molecular weight is 508 g/mol. The lowest BCUT2D eigenvalue weighted by atomic mass is 10.0. The molecule has 1 amide bonds. The van der Waals surface area contributed by atoms with E-state index in [0.29, 0.717) is 24.1 Å². The Bertz CT molecular complexity index is 1370. The molecular formula is C24H20F4N2O4S. The Hall–Kier alpha value is -3.44. The molecule has 0 saturated heterocycles. The third-order valence-electron chi connectivity index (χ3n) is 5.44. The molecule has 6 nitrogen and oxygen atoms in total. The molecule has 0 heterocycles. The molecule has 0 aliphatic heterocycles. The third kappa shape index (κ3) is 6.17. The summed E-state index contributed by atoms with van der Waals surface area (Å²) in [6.07, 6.45) is -3.36. The summed E-state index contributed by atoms with van der Waals surface area (Å²) in [6.45, 7) is 0. The second-order valence-electron chi connectivity index (χ2n) is 8.21. The van der Waals surface area contributed by atoms with Gasteiger partial charge in [-0.3, -0.25) is 5.32 Å². The Kier molecular flexibility index (Phi) is 6.56. The SMILES string of the molecule is CS(=O)(=O)N[C@@H]1Cc2ccc(NC(=O)Oc3cc(F)ccc3-c3ccc(C(F)(F)F)cc3)cc2C1. The minimum absolute atomic E-state index is 0.166. The first-order valence-electron chi connectivity index (χ1n) is 10.4. The molecule has 0 aromatic heterocycles. The van der Waals surface area contributed by atoms with Crippen molar-refractivity contribution in [1.29, 1.82) is 0 Å². The molecule has 2 N–H and O–H groups in total. The minimum atomic E-state index is -4.50. The molecule has 11 heteroatoms. The van der Waals surface area contributed by atoms with Gasteiger partial charge in [0, 0.05) is 23.4 Å². The molecule has 3 aromatic rings. The van der Waals surface area contributed by atoms with Crippen LogP contribution in [-0.2, 0) is 29.0 Å². The van der Waals surface area contributed by atoms with Gasteiger partial charge in [0.15, 0.2) is 0 Å². The Balaban J connectivity index is 1.49. The number of carbonyl (C=O) groups is 1. The third-order valence-corrected chi connectivity index (χ3v) is 6.20. The highest BCUT2D eigenvalue weighted by Crippen LogP contribution is 2.35. The molecule has 4 rings (SSSR count). The smallest absolute Gasteiger partial charge is 0.409 e. The van der Waals surface area contributed by atoms with Gasteiger partial charge in [-0.2, -0.15) is 13.2 Å². The number of amides is 1.